The average molecular weight is 436 g/mol. The van der Waals surface area contributed by atoms with Crippen molar-refractivity contribution in [3.05, 3.63) is 76.1 Å². The number of hydrogen-bond donors (Lipinski definition) is 1. The van der Waals surface area contributed by atoms with E-state index in [4.69, 9.17) is 0 Å². The Morgan fingerprint density at radius 3 is 2.56 bits per heavy atom. The van der Waals surface area contributed by atoms with Crippen LogP contribution in [0.4, 0.5) is 4.39 Å². The molecule has 0 unspecified atom stereocenters. The molecule has 0 aliphatic heterocycles. The van der Waals surface area contributed by atoms with Crippen LogP contribution >= 0.6 is 0 Å². The Morgan fingerprint density at radius 1 is 1.09 bits per heavy atom. The molecule has 0 saturated heterocycles. The van der Waals surface area contributed by atoms with Gasteiger partial charge in [-0.25, -0.2) is 4.39 Å². The van der Waals surface area contributed by atoms with E-state index in [1.54, 1.807) is 22.8 Å². The third kappa shape index (κ3) is 4.24. The van der Waals surface area contributed by atoms with Crippen LogP contribution in [0.2, 0.25) is 0 Å². The Kier molecular flexibility index (Phi) is 6.27. The predicted octanol–water partition coefficient (Wildman–Crippen LogP) is 2.34. The zero-order valence-electron chi connectivity index (χ0n) is 18.1. The highest BCUT2D eigenvalue weighted by Gasteiger charge is 2.18. The Morgan fingerprint density at radius 2 is 1.84 bits per heavy atom. The number of amides is 1. The lowest BCUT2D eigenvalue weighted by molar-refractivity contribution is -0.122. The van der Waals surface area contributed by atoms with Crippen LogP contribution in [0.25, 0.3) is 16.7 Å². The van der Waals surface area contributed by atoms with Gasteiger partial charge < -0.3 is 5.32 Å². The number of hydrogen-bond acceptors (Lipinski definition) is 5. The van der Waals surface area contributed by atoms with Crippen LogP contribution in [0.3, 0.4) is 0 Å². The van der Waals surface area contributed by atoms with Crippen LogP contribution < -0.4 is 10.9 Å². The minimum atomic E-state index is -0.307. The molecular weight excluding hydrogens is 411 g/mol. The van der Waals surface area contributed by atoms with E-state index >= 15 is 0 Å². The summed E-state index contributed by atoms with van der Waals surface area (Å²) in [7, 11) is 0. The number of aryl methyl sites for hydroxylation is 1. The van der Waals surface area contributed by atoms with Gasteiger partial charge in [-0.3, -0.25) is 23.5 Å². The normalized spacial score (nSPS) is 11.5. The van der Waals surface area contributed by atoms with Crippen molar-refractivity contribution in [3.63, 3.8) is 0 Å². The number of nitrogens with one attached hydrogen (secondary N) is 1. The van der Waals surface area contributed by atoms with Crippen molar-refractivity contribution in [3.8, 4) is 0 Å². The summed E-state index contributed by atoms with van der Waals surface area (Å²) in [6.45, 7) is 5.88. The maximum Gasteiger partial charge on any atom is 0.262 e. The largest absolute Gasteiger partial charge is 0.351 e. The number of carbonyl (C=O) groups is 1. The fourth-order valence-corrected chi connectivity index (χ4v) is 3.74. The number of fused-ring (bicyclic) bond motifs is 3. The van der Waals surface area contributed by atoms with Gasteiger partial charge in [0.1, 0.15) is 5.82 Å². The molecule has 0 atom stereocenters. The number of para-hydroxylation sites is 1. The molecule has 8 nitrogen and oxygen atoms in total. The number of carbonyl (C=O) groups excluding carboxylic acids is 1. The van der Waals surface area contributed by atoms with Crippen LogP contribution in [0, 0.1) is 5.82 Å². The van der Waals surface area contributed by atoms with Crippen molar-refractivity contribution in [1.29, 1.82) is 0 Å². The van der Waals surface area contributed by atoms with Gasteiger partial charge in [-0.2, -0.15) is 0 Å². The molecule has 9 heteroatoms. The molecule has 2 heterocycles. The molecule has 0 radical (unpaired) electrons. The second-order valence-corrected chi connectivity index (χ2v) is 7.52. The predicted molar refractivity (Wildman–Crippen MR) is 120 cm³/mol. The van der Waals surface area contributed by atoms with Crippen LogP contribution in [0.15, 0.2) is 53.3 Å². The lowest BCUT2D eigenvalue weighted by Crippen LogP contribution is -2.37. The zero-order valence-corrected chi connectivity index (χ0v) is 18.1. The number of likely N-dealkylation sites (N-methyl/N-ethyl adjacent to an activating group) is 1. The van der Waals surface area contributed by atoms with E-state index in [9.17, 15) is 14.0 Å². The quantitative estimate of drug-likeness (QED) is 0.458. The third-order valence-electron chi connectivity index (χ3n) is 5.47. The number of rotatable bonds is 8. The SMILES string of the molecule is CCN(CC(=O)NCc1ccc(F)cc1)Cc1nnc2n(CC)c(=O)c3ccccc3n12. The maximum atomic E-state index is 13.0. The molecule has 0 aliphatic rings. The van der Waals surface area contributed by atoms with Crippen molar-refractivity contribution >= 4 is 22.6 Å². The van der Waals surface area contributed by atoms with Gasteiger partial charge in [-0.15, -0.1) is 10.2 Å². The summed E-state index contributed by atoms with van der Waals surface area (Å²) in [6, 6.07) is 13.4. The van der Waals surface area contributed by atoms with Gasteiger partial charge in [0.2, 0.25) is 11.7 Å². The molecule has 166 valence electrons. The Labute approximate surface area is 184 Å². The molecule has 4 aromatic rings. The van der Waals surface area contributed by atoms with E-state index in [0.717, 1.165) is 11.1 Å². The lowest BCUT2D eigenvalue weighted by atomic mass is 10.2. The first-order valence-electron chi connectivity index (χ1n) is 10.6. The molecule has 32 heavy (non-hydrogen) atoms. The summed E-state index contributed by atoms with van der Waals surface area (Å²) in [5, 5.41) is 12.1. The topological polar surface area (TPSA) is 84.5 Å². The standard InChI is InChI=1S/C23H25FN6O2/c1-3-28(15-21(31)25-13-16-9-11-17(24)12-10-16)14-20-26-27-23-29(4-2)22(32)18-7-5-6-8-19(18)30(20)23/h5-12H,3-4,13-15H2,1-2H3,(H,25,31). The van der Waals surface area contributed by atoms with Crippen molar-refractivity contribution in [1.82, 2.24) is 29.4 Å². The molecule has 2 aromatic heterocycles. The van der Waals surface area contributed by atoms with Crippen molar-refractivity contribution in [2.75, 3.05) is 13.1 Å². The second kappa shape index (κ2) is 9.27. The smallest absolute Gasteiger partial charge is 0.262 e. The average Bonchev–Trinajstić information content (AvgIpc) is 3.22. The van der Waals surface area contributed by atoms with E-state index in [2.05, 4.69) is 15.5 Å². The molecular formula is C23H25FN6O2. The Bertz CT molecular complexity index is 1310. The molecule has 0 aliphatic carbocycles. The van der Waals surface area contributed by atoms with Gasteiger partial charge in [-0.05, 0) is 43.3 Å². The molecule has 2 aromatic carbocycles. The number of aromatic nitrogens is 4. The summed E-state index contributed by atoms with van der Waals surface area (Å²) >= 11 is 0. The highest BCUT2D eigenvalue weighted by atomic mass is 19.1. The maximum absolute atomic E-state index is 13.0. The molecule has 0 fully saturated rings. The minimum Gasteiger partial charge on any atom is -0.351 e. The first-order valence-corrected chi connectivity index (χ1v) is 10.6. The Balaban J connectivity index is 1.55. The number of nitrogens with zero attached hydrogens (tertiary/aromatic N) is 5. The number of benzene rings is 2. The monoisotopic (exact) mass is 436 g/mol. The van der Waals surface area contributed by atoms with Crippen molar-refractivity contribution in [2.24, 2.45) is 0 Å². The lowest BCUT2D eigenvalue weighted by Gasteiger charge is -2.19. The molecule has 4 rings (SSSR count). The van der Waals surface area contributed by atoms with Gasteiger partial charge in [0, 0.05) is 13.1 Å². The van der Waals surface area contributed by atoms with Gasteiger partial charge in [0.25, 0.3) is 5.56 Å². The zero-order chi connectivity index (χ0) is 22.7. The van der Waals surface area contributed by atoms with Crippen LogP contribution in [0.5, 0.6) is 0 Å². The molecule has 1 N–H and O–H groups in total. The summed E-state index contributed by atoms with van der Waals surface area (Å²) < 4.78 is 16.5. The highest BCUT2D eigenvalue weighted by Crippen LogP contribution is 2.15. The van der Waals surface area contributed by atoms with Crippen LogP contribution in [-0.2, 0) is 24.4 Å². The van der Waals surface area contributed by atoms with E-state index in [1.165, 1.54) is 12.1 Å². The first-order chi connectivity index (χ1) is 15.5. The van der Waals surface area contributed by atoms with Gasteiger partial charge in [0.15, 0.2) is 5.82 Å². The summed E-state index contributed by atoms with van der Waals surface area (Å²) in [6.07, 6.45) is 0. The summed E-state index contributed by atoms with van der Waals surface area (Å²) in [4.78, 5) is 27.2. The van der Waals surface area contributed by atoms with E-state index in [0.29, 0.717) is 43.2 Å². The van der Waals surface area contributed by atoms with Crippen molar-refractivity contribution in [2.45, 2.75) is 33.5 Å². The first kappa shape index (κ1) is 21.6. The van der Waals surface area contributed by atoms with Crippen molar-refractivity contribution < 1.29 is 9.18 Å². The highest BCUT2D eigenvalue weighted by molar-refractivity contribution is 5.80. The molecule has 0 bridgehead atoms. The Hall–Kier alpha value is -3.59. The molecule has 1 amide bonds. The van der Waals surface area contributed by atoms with E-state index < -0.39 is 0 Å². The van der Waals surface area contributed by atoms with E-state index in [1.807, 2.05) is 41.3 Å². The minimum absolute atomic E-state index is 0.0953. The molecule has 0 spiro atoms. The van der Waals surface area contributed by atoms with E-state index in [-0.39, 0.29) is 23.8 Å². The fourth-order valence-electron chi connectivity index (χ4n) is 3.74. The third-order valence-corrected chi connectivity index (χ3v) is 5.47. The van der Waals surface area contributed by atoms with Gasteiger partial charge in [-0.1, -0.05) is 31.2 Å². The van der Waals surface area contributed by atoms with Crippen LogP contribution in [0.1, 0.15) is 25.2 Å². The number of halogens is 1. The second-order valence-electron chi connectivity index (χ2n) is 7.52. The molecule has 0 saturated carbocycles. The summed E-state index contributed by atoms with van der Waals surface area (Å²) in [5.41, 5.74) is 1.48. The van der Waals surface area contributed by atoms with Gasteiger partial charge >= 0.3 is 0 Å². The van der Waals surface area contributed by atoms with Crippen LogP contribution in [-0.4, -0.2) is 43.1 Å². The fraction of sp³-hybridized carbons (Fsp3) is 0.304. The summed E-state index contributed by atoms with van der Waals surface area (Å²) in [5.74, 6) is 0.703. The van der Waals surface area contributed by atoms with Gasteiger partial charge in [0.05, 0.1) is 24.0 Å².